The number of fused-ring (bicyclic) bond motifs is 1. The van der Waals surface area contributed by atoms with Crippen molar-refractivity contribution in [2.75, 3.05) is 0 Å². The summed E-state index contributed by atoms with van der Waals surface area (Å²) in [5.41, 5.74) is -0.146. The number of benzene rings is 3. The van der Waals surface area contributed by atoms with Crippen LogP contribution in [0, 0.1) is 34.9 Å². The lowest BCUT2D eigenvalue weighted by atomic mass is 9.83. The molecule has 3 aromatic carbocycles. The number of halogens is 7. The fourth-order valence-corrected chi connectivity index (χ4v) is 4.74. The molecule has 0 saturated heterocycles. The highest BCUT2D eigenvalue weighted by atomic mass is 127. The fraction of sp³-hybridized carbons (Fsp3) is 0.273. The highest BCUT2D eigenvalue weighted by Gasteiger charge is 2.24. The molecule has 0 nitrogen and oxygen atoms in total. The minimum Gasteiger partial charge on any atom is -0.206 e. The quantitative estimate of drug-likeness (QED) is 0.140. The monoisotopic (exact) mass is 520 g/mol. The maximum Gasteiger partial charge on any atom is 0.195 e. The van der Waals surface area contributed by atoms with E-state index in [1.54, 1.807) is 0 Å². The van der Waals surface area contributed by atoms with E-state index in [-0.39, 0.29) is 16.9 Å². The lowest BCUT2D eigenvalue weighted by Crippen LogP contribution is -2.13. The molecule has 0 aliphatic heterocycles. The molecule has 1 aliphatic rings. The second kappa shape index (κ2) is 7.81. The van der Waals surface area contributed by atoms with Gasteiger partial charge in [0.15, 0.2) is 17.5 Å². The number of rotatable bonds is 2. The molecule has 1 saturated carbocycles. The van der Waals surface area contributed by atoms with E-state index in [2.05, 4.69) is 22.6 Å². The first-order valence-electron chi connectivity index (χ1n) is 9.16. The van der Waals surface area contributed by atoms with Crippen LogP contribution in [0.15, 0.2) is 30.3 Å². The van der Waals surface area contributed by atoms with Crippen LogP contribution in [0.1, 0.15) is 37.2 Å². The van der Waals surface area contributed by atoms with E-state index in [1.807, 2.05) is 0 Å². The van der Waals surface area contributed by atoms with Gasteiger partial charge in [0.25, 0.3) is 0 Å². The molecular formula is C22H15F6I. The zero-order chi connectivity index (χ0) is 20.9. The van der Waals surface area contributed by atoms with Gasteiger partial charge in [-0.05, 0) is 78.4 Å². The van der Waals surface area contributed by atoms with E-state index >= 15 is 0 Å². The molecule has 0 N–H and O–H groups in total. The molecular weight excluding hydrogens is 505 g/mol. The minimum atomic E-state index is -1.80. The van der Waals surface area contributed by atoms with Gasteiger partial charge in [-0.1, -0.05) is 22.6 Å². The Kier molecular flexibility index (Phi) is 5.52. The van der Waals surface area contributed by atoms with Crippen molar-refractivity contribution >= 4 is 33.4 Å². The molecule has 1 aliphatic carbocycles. The van der Waals surface area contributed by atoms with Crippen LogP contribution in [0.5, 0.6) is 0 Å². The Morgan fingerprint density at radius 2 is 1.28 bits per heavy atom. The van der Waals surface area contributed by atoms with Crippen molar-refractivity contribution in [3.8, 4) is 11.1 Å². The Morgan fingerprint density at radius 1 is 0.655 bits per heavy atom. The van der Waals surface area contributed by atoms with E-state index in [0.29, 0.717) is 15.6 Å². The van der Waals surface area contributed by atoms with Crippen LogP contribution in [0.3, 0.4) is 0 Å². The lowest BCUT2D eigenvalue weighted by molar-refractivity contribution is 0.451. The molecule has 0 bridgehead atoms. The van der Waals surface area contributed by atoms with Crippen LogP contribution in [-0.2, 0) is 0 Å². The first-order chi connectivity index (χ1) is 13.8. The van der Waals surface area contributed by atoms with Crippen molar-refractivity contribution in [1.82, 2.24) is 0 Å². The van der Waals surface area contributed by atoms with Crippen molar-refractivity contribution < 1.29 is 26.3 Å². The highest BCUT2D eigenvalue weighted by Crippen LogP contribution is 2.39. The highest BCUT2D eigenvalue weighted by molar-refractivity contribution is 14.1. The van der Waals surface area contributed by atoms with Crippen molar-refractivity contribution in [2.45, 2.75) is 35.5 Å². The average molecular weight is 520 g/mol. The van der Waals surface area contributed by atoms with Gasteiger partial charge in [-0.2, -0.15) is 0 Å². The number of alkyl halides is 1. The fourth-order valence-electron chi connectivity index (χ4n) is 4.02. The second-order valence-electron chi connectivity index (χ2n) is 7.35. The summed E-state index contributed by atoms with van der Waals surface area (Å²) in [6, 6.07) is 4.86. The van der Waals surface area contributed by atoms with Crippen molar-refractivity contribution in [2.24, 2.45) is 0 Å². The Labute approximate surface area is 177 Å². The van der Waals surface area contributed by atoms with Crippen molar-refractivity contribution in [1.29, 1.82) is 0 Å². The predicted molar refractivity (Wildman–Crippen MR) is 108 cm³/mol. The standard InChI is InChI=1S/C22H15F6I/c23-15-6-11(10-1-3-14(29)4-2-10)7-16(24)19(15)12-5-13-9-18(26)21(27)22(28)20(13)17(25)8-12/h5-10,14H,1-4H2/t10-,14-. The smallest absolute Gasteiger partial charge is 0.195 e. The van der Waals surface area contributed by atoms with Gasteiger partial charge >= 0.3 is 0 Å². The summed E-state index contributed by atoms with van der Waals surface area (Å²) in [6.07, 6.45) is 3.61. The lowest BCUT2D eigenvalue weighted by Gasteiger charge is -2.26. The molecule has 0 amide bonds. The number of hydrogen-bond donors (Lipinski definition) is 0. The topological polar surface area (TPSA) is 0 Å². The molecule has 1 fully saturated rings. The van der Waals surface area contributed by atoms with Crippen LogP contribution in [0.25, 0.3) is 21.9 Å². The molecule has 0 unspecified atom stereocenters. The van der Waals surface area contributed by atoms with E-state index in [9.17, 15) is 26.3 Å². The third-order valence-corrected chi connectivity index (χ3v) is 6.75. The van der Waals surface area contributed by atoms with Crippen LogP contribution in [-0.4, -0.2) is 3.92 Å². The summed E-state index contributed by atoms with van der Waals surface area (Å²) in [5, 5.41) is -1.08. The third kappa shape index (κ3) is 3.73. The number of hydrogen-bond acceptors (Lipinski definition) is 0. The Bertz CT molecular complexity index is 1080. The molecule has 0 heterocycles. The zero-order valence-electron chi connectivity index (χ0n) is 15.0. The molecule has 0 radical (unpaired) electrons. The second-order valence-corrected chi connectivity index (χ2v) is 9.11. The normalized spacial score (nSPS) is 19.7. The largest absolute Gasteiger partial charge is 0.206 e. The van der Waals surface area contributed by atoms with Gasteiger partial charge in [-0.25, -0.2) is 26.3 Å². The van der Waals surface area contributed by atoms with Crippen molar-refractivity contribution in [3.05, 3.63) is 70.8 Å². The van der Waals surface area contributed by atoms with Gasteiger partial charge in [0, 0.05) is 3.92 Å². The predicted octanol–water partition coefficient (Wildman–Crippen LogP) is 7.80. The van der Waals surface area contributed by atoms with E-state index in [4.69, 9.17) is 0 Å². The molecule has 0 aromatic heterocycles. The average Bonchev–Trinajstić information content (AvgIpc) is 2.65. The van der Waals surface area contributed by atoms with E-state index in [0.717, 1.165) is 37.8 Å². The Balaban J connectivity index is 1.80. The molecule has 4 rings (SSSR count). The van der Waals surface area contributed by atoms with E-state index < -0.39 is 45.9 Å². The van der Waals surface area contributed by atoms with Gasteiger partial charge in [0.1, 0.15) is 17.5 Å². The van der Waals surface area contributed by atoms with Gasteiger partial charge in [0.2, 0.25) is 0 Å². The minimum absolute atomic E-state index is 0.0542. The summed E-state index contributed by atoms with van der Waals surface area (Å²) in [5.74, 6) is -7.90. The Morgan fingerprint density at radius 3 is 1.90 bits per heavy atom. The van der Waals surface area contributed by atoms with Crippen molar-refractivity contribution in [3.63, 3.8) is 0 Å². The first-order valence-corrected chi connectivity index (χ1v) is 10.4. The molecule has 152 valence electrons. The molecule has 7 heteroatoms. The van der Waals surface area contributed by atoms with Gasteiger partial charge in [0.05, 0.1) is 10.9 Å². The van der Waals surface area contributed by atoms with Crippen LogP contribution in [0.2, 0.25) is 0 Å². The molecule has 0 spiro atoms. The zero-order valence-corrected chi connectivity index (χ0v) is 17.2. The maximum absolute atomic E-state index is 14.8. The summed E-state index contributed by atoms with van der Waals surface area (Å²) in [4.78, 5) is 0. The van der Waals surface area contributed by atoms with Gasteiger partial charge < -0.3 is 0 Å². The maximum atomic E-state index is 14.8. The molecule has 29 heavy (non-hydrogen) atoms. The van der Waals surface area contributed by atoms with Crippen LogP contribution < -0.4 is 0 Å². The molecule has 0 atom stereocenters. The van der Waals surface area contributed by atoms with Crippen LogP contribution in [0.4, 0.5) is 26.3 Å². The Hall–Kier alpha value is -1.77. The summed E-state index contributed by atoms with van der Waals surface area (Å²) in [7, 11) is 0. The van der Waals surface area contributed by atoms with Crippen LogP contribution >= 0.6 is 22.6 Å². The summed E-state index contributed by atoms with van der Waals surface area (Å²) < 4.78 is 85.4. The first kappa shape index (κ1) is 20.5. The van der Waals surface area contributed by atoms with E-state index in [1.165, 1.54) is 12.1 Å². The third-order valence-electron chi connectivity index (χ3n) is 5.51. The summed E-state index contributed by atoms with van der Waals surface area (Å²) in [6.45, 7) is 0. The SMILES string of the molecule is Fc1cc2cc(-c3c(F)cc([C@H]4CC[C@H](I)CC4)cc3F)cc(F)c2c(F)c1F. The van der Waals surface area contributed by atoms with Gasteiger partial charge in [-0.3, -0.25) is 0 Å². The molecule has 3 aromatic rings. The summed E-state index contributed by atoms with van der Waals surface area (Å²) >= 11 is 2.37. The van der Waals surface area contributed by atoms with Gasteiger partial charge in [-0.15, -0.1) is 0 Å².